The number of esters is 2. The Labute approximate surface area is 200 Å². The molecule has 0 saturated heterocycles. The molecule has 7 heteroatoms. The zero-order valence-corrected chi connectivity index (χ0v) is 20.2. The summed E-state index contributed by atoms with van der Waals surface area (Å²) in [6.07, 6.45) is 2.77. The third-order valence-corrected chi connectivity index (χ3v) is 6.29. The molecule has 1 aliphatic carbocycles. The summed E-state index contributed by atoms with van der Waals surface area (Å²) in [7, 11) is 1.55. The molecule has 1 aliphatic rings. The summed E-state index contributed by atoms with van der Waals surface area (Å²) in [5, 5.41) is 2.65. The van der Waals surface area contributed by atoms with Crippen molar-refractivity contribution < 1.29 is 28.6 Å². The number of benzene rings is 2. The molecule has 0 heterocycles. The third-order valence-electron chi connectivity index (χ3n) is 6.29. The van der Waals surface area contributed by atoms with Gasteiger partial charge in [0.2, 0.25) is 0 Å². The van der Waals surface area contributed by atoms with E-state index >= 15 is 0 Å². The predicted octanol–water partition coefficient (Wildman–Crippen LogP) is 5.11. The first-order valence-electron chi connectivity index (χ1n) is 11.7. The van der Waals surface area contributed by atoms with E-state index in [9.17, 15) is 14.4 Å². The number of anilines is 1. The lowest BCUT2D eigenvalue weighted by atomic mass is 9.75. The van der Waals surface area contributed by atoms with E-state index in [1.807, 2.05) is 0 Å². The maximum absolute atomic E-state index is 13.0. The van der Waals surface area contributed by atoms with E-state index in [1.54, 1.807) is 49.6 Å². The lowest BCUT2D eigenvalue weighted by Crippen LogP contribution is -2.36. The molecule has 0 bridgehead atoms. The summed E-state index contributed by atoms with van der Waals surface area (Å²) >= 11 is 0. The van der Waals surface area contributed by atoms with Gasteiger partial charge in [-0.1, -0.05) is 39.3 Å². The van der Waals surface area contributed by atoms with Gasteiger partial charge < -0.3 is 19.5 Å². The van der Waals surface area contributed by atoms with Gasteiger partial charge in [0, 0.05) is 5.69 Å². The van der Waals surface area contributed by atoms with Gasteiger partial charge in [-0.2, -0.15) is 0 Å². The number of nitrogens with one attached hydrogen (secondary N) is 1. The number of carbonyl (C=O) groups excluding carboxylic acids is 3. The van der Waals surface area contributed by atoms with E-state index < -0.39 is 24.5 Å². The van der Waals surface area contributed by atoms with Crippen molar-refractivity contribution in [3.63, 3.8) is 0 Å². The first-order chi connectivity index (χ1) is 16.3. The summed E-state index contributed by atoms with van der Waals surface area (Å²) in [4.78, 5) is 37.9. The Hall–Kier alpha value is -3.35. The van der Waals surface area contributed by atoms with Crippen LogP contribution in [0.3, 0.4) is 0 Å². The maximum atomic E-state index is 13.0. The van der Waals surface area contributed by atoms with Gasteiger partial charge in [0.25, 0.3) is 5.91 Å². The summed E-state index contributed by atoms with van der Waals surface area (Å²) in [5.74, 6) is 0.0487. The molecule has 1 amide bonds. The number of hydrogen-bond donors (Lipinski definition) is 1. The van der Waals surface area contributed by atoms with Gasteiger partial charge in [-0.3, -0.25) is 4.79 Å². The molecule has 1 saturated carbocycles. The largest absolute Gasteiger partial charge is 0.497 e. The van der Waals surface area contributed by atoms with Crippen molar-refractivity contribution in [2.24, 2.45) is 17.8 Å². The Balaban J connectivity index is 1.62. The second-order valence-corrected chi connectivity index (χ2v) is 9.17. The average molecular weight is 468 g/mol. The Kier molecular flexibility index (Phi) is 8.68. The van der Waals surface area contributed by atoms with Crippen molar-refractivity contribution in [1.82, 2.24) is 0 Å². The fourth-order valence-corrected chi connectivity index (χ4v) is 4.37. The summed E-state index contributed by atoms with van der Waals surface area (Å²) in [6.45, 7) is 5.97. The van der Waals surface area contributed by atoms with E-state index in [0.29, 0.717) is 29.2 Å². The van der Waals surface area contributed by atoms with Crippen molar-refractivity contribution in [1.29, 1.82) is 0 Å². The first kappa shape index (κ1) is 25.3. The minimum atomic E-state index is -0.755. The van der Waals surface area contributed by atoms with Crippen LogP contribution in [0.5, 0.6) is 5.75 Å². The van der Waals surface area contributed by atoms with Crippen LogP contribution in [0.25, 0.3) is 0 Å². The van der Waals surface area contributed by atoms with Gasteiger partial charge in [-0.15, -0.1) is 0 Å². The molecule has 0 radical (unpaired) electrons. The summed E-state index contributed by atoms with van der Waals surface area (Å²) in [6, 6.07) is 13.1. The zero-order valence-electron chi connectivity index (χ0n) is 20.2. The quantitative estimate of drug-likeness (QED) is 0.543. The minimum Gasteiger partial charge on any atom is -0.497 e. The number of ether oxygens (including phenoxy) is 3. The Bertz CT molecular complexity index is 1000. The highest BCUT2D eigenvalue weighted by atomic mass is 16.5. The Morgan fingerprint density at radius 1 is 0.971 bits per heavy atom. The molecular weight excluding hydrogens is 434 g/mol. The molecule has 7 nitrogen and oxygen atoms in total. The van der Waals surface area contributed by atoms with E-state index in [4.69, 9.17) is 14.2 Å². The van der Waals surface area contributed by atoms with E-state index in [1.165, 1.54) is 6.07 Å². The van der Waals surface area contributed by atoms with Gasteiger partial charge in [0.15, 0.2) is 6.61 Å². The third kappa shape index (κ3) is 6.59. The SMILES string of the molecule is COc1ccc(NC(=O)COC(=O)c2ccccc2C(=O)O[C@@H]2C[C@@H](C)CC[C@H]2C(C)C)cc1. The Morgan fingerprint density at radius 3 is 2.24 bits per heavy atom. The van der Waals surface area contributed by atoms with Crippen molar-refractivity contribution in [3.8, 4) is 5.75 Å². The highest BCUT2D eigenvalue weighted by Gasteiger charge is 2.34. The molecule has 1 fully saturated rings. The molecule has 0 aliphatic heterocycles. The van der Waals surface area contributed by atoms with E-state index in [2.05, 4.69) is 26.1 Å². The molecule has 0 spiro atoms. The summed E-state index contributed by atoms with van der Waals surface area (Å²) in [5.41, 5.74) is 0.769. The first-order valence-corrected chi connectivity index (χ1v) is 11.7. The van der Waals surface area contributed by atoms with Crippen LogP contribution in [0, 0.1) is 17.8 Å². The molecule has 2 aromatic carbocycles. The molecule has 0 unspecified atom stereocenters. The van der Waals surface area contributed by atoms with Crippen LogP contribution in [0.4, 0.5) is 5.69 Å². The van der Waals surface area contributed by atoms with E-state index in [-0.39, 0.29) is 17.2 Å². The highest BCUT2D eigenvalue weighted by molar-refractivity contribution is 6.04. The van der Waals surface area contributed by atoms with Gasteiger partial charge in [-0.05, 0) is 67.0 Å². The fourth-order valence-electron chi connectivity index (χ4n) is 4.37. The van der Waals surface area contributed by atoms with Gasteiger partial charge >= 0.3 is 11.9 Å². The van der Waals surface area contributed by atoms with Gasteiger partial charge in [0.1, 0.15) is 11.9 Å². The molecule has 3 atom stereocenters. The lowest BCUT2D eigenvalue weighted by Gasteiger charge is -2.36. The number of hydrogen-bond acceptors (Lipinski definition) is 6. The normalized spacial score (nSPS) is 19.9. The van der Waals surface area contributed by atoms with Crippen molar-refractivity contribution >= 4 is 23.5 Å². The monoisotopic (exact) mass is 467 g/mol. The molecule has 3 rings (SSSR count). The lowest BCUT2D eigenvalue weighted by molar-refractivity contribution is -0.119. The number of methoxy groups -OCH3 is 1. The predicted molar refractivity (Wildman–Crippen MR) is 129 cm³/mol. The number of amides is 1. The average Bonchev–Trinajstić information content (AvgIpc) is 2.83. The molecule has 182 valence electrons. The topological polar surface area (TPSA) is 90.9 Å². The van der Waals surface area contributed by atoms with Crippen LogP contribution in [0.2, 0.25) is 0 Å². The molecule has 0 aromatic heterocycles. The van der Waals surface area contributed by atoms with Crippen LogP contribution >= 0.6 is 0 Å². The standard InChI is InChI=1S/C27H33NO6/c1-17(2)21-14-9-18(3)15-24(21)34-27(31)23-8-6-5-7-22(23)26(30)33-16-25(29)28-19-10-12-20(32-4)13-11-19/h5-8,10-13,17-18,21,24H,9,14-16H2,1-4H3,(H,28,29)/t18-,21-,24+/m0/s1. The molecule has 2 aromatic rings. The van der Waals surface area contributed by atoms with Crippen LogP contribution in [-0.4, -0.2) is 37.7 Å². The smallest absolute Gasteiger partial charge is 0.339 e. The molecular formula is C27H33NO6. The molecule has 34 heavy (non-hydrogen) atoms. The number of carbonyl (C=O) groups is 3. The van der Waals surface area contributed by atoms with Crippen LogP contribution in [0.15, 0.2) is 48.5 Å². The van der Waals surface area contributed by atoms with Crippen LogP contribution < -0.4 is 10.1 Å². The van der Waals surface area contributed by atoms with Crippen LogP contribution in [-0.2, 0) is 14.3 Å². The highest BCUT2D eigenvalue weighted by Crippen LogP contribution is 2.35. The van der Waals surface area contributed by atoms with Crippen molar-refractivity contribution in [2.45, 2.75) is 46.1 Å². The Morgan fingerprint density at radius 2 is 1.62 bits per heavy atom. The zero-order chi connectivity index (χ0) is 24.7. The maximum Gasteiger partial charge on any atom is 0.339 e. The van der Waals surface area contributed by atoms with Crippen molar-refractivity contribution in [2.75, 3.05) is 19.0 Å². The fraction of sp³-hybridized carbons (Fsp3) is 0.444. The van der Waals surface area contributed by atoms with Gasteiger partial charge in [-0.25, -0.2) is 9.59 Å². The van der Waals surface area contributed by atoms with E-state index in [0.717, 1.165) is 19.3 Å². The second-order valence-electron chi connectivity index (χ2n) is 9.17. The van der Waals surface area contributed by atoms with Gasteiger partial charge in [0.05, 0.1) is 18.2 Å². The van der Waals surface area contributed by atoms with Crippen LogP contribution in [0.1, 0.15) is 60.7 Å². The second kappa shape index (κ2) is 11.7. The molecule has 1 N–H and O–H groups in total. The summed E-state index contributed by atoms with van der Waals surface area (Å²) < 4.78 is 16.2. The minimum absolute atomic E-state index is 0.0784. The number of rotatable bonds is 8. The van der Waals surface area contributed by atoms with Crippen molar-refractivity contribution in [3.05, 3.63) is 59.7 Å².